The van der Waals surface area contributed by atoms with E-state index in [0.29, 0.717) is 22.7 Å². The number of rotatable bonds is 7. The molecule has 2 aromatic rings. The summed E-state index contributed by atoms with van der Waals surface area (Å²) in [5, 5.41) is 5.57. The third-order valence-electron chi connectivity index (χ3n) is 5.30. The van der Waals surface area contributed by atoms with Gasteiger partial charge < -0.3 is 19.7 Å². The van der Waals surface area contributed by atoms with E-state index in [9.17, 15) is 9.59 Å². The molecule has 1 N–H and O–H groups in total. The van der Waals surface area contributed by atoms with Gasteiger partial charge in [0.05, 0.1) is 23.9 Å². The SMILES string of the molecule is CCOC(=O)C1=C(C)N=C2SC=CN2[C@H]1c1cccc(OCC(=O)Nc2ccc(Br)c(C)c2)c1. The largest absolute Gasteiger partial charge is 0.484 e. The highest BCUT2D eigenvalue weighted by molar-refractivity contribution is 9.10. The van der Waals surface area contributed by atoms with Gasteiger partial charge in [0.15, 0.2) is 11.8 Å². The van der Waals surface area contributed by atoms with Crippen LogP contribution in [-0.4, -0.2) is 35.2 Å². The quantitative estimate of drug-likeness (QED) is 0.463. The molecule has 176 valence electrons. The lowest BCUT2D eigenvalue weighted by atomic mass is 9.94. The number of nitrogens with zero attached hydrogens (tertiary/aromatic N) is 2. The molecule has 9 heteroatoms. The maximum absolute atomic E-state index is 12.8. The molecule has 0 unspecified atom stereocenters. The Bertz CT molecular complexity index is 1220. The third kappa shape index (κ3) is 5.20. The minimum atomic E-state index is -0.402. The Morgan fingerprint density at radius 1 is 1.21 bits per heavy atom. The highest BCUT2D eigenvalue weighted by Gasteiger charge is 2.37. The summed E-state index contributed by atoms with van der Waals surface area (Å²) in [6.07, 6.45) is 1.90. The van der Waals surface area contributed by atoms with Crippen molar-refractivity contribution in [2.45, 2.75) is 26.8 Å². The fourth-order valence-electron chi connectivity index (χ4n) is 3.74. The summed E-state index contributed by atoms with van der Waals surface area (Å²) in [5.41, 5.74) is 3.68. The van der Waals surface area contributed by atoms with Crippen molar-refractivity contribution in [1.29, 1.82) is 0 Å². The van der Waals surface area contributed by atoms with Crippen molar-refractivity contribution < 1.29 is 19.1 Å². The van der Waals surface area contributed by atoms with Gasteiger partial charge in [0.25, 0.3) is 5.91 Å². The van der Waals surface area contributed by atoms with Gasteiger partial charge in [-0.3, -0.25) is 4.79 Å². The Morgan fingerprint density at radius 3 is 2.79 bits per heavy atom. The number of allylic oxidation sites excluding steroid dienone is 1. The highest BCUT2D eigenvalue weighted by Crippen LogP contribution is 2.41. The molecule has 0 fully saturated rings. The van der Waals surface area contributed by atoms with Crippen molar-refractivity contribution in [3.63, 3.8) is 0 Å². The van der Waals surface area contributed by atoms with E-state index >= 15 is 0 Å². The summed E-state index contributed by atoms with van der Waals surface area (Å²) in [4.78, 5) is 31.8. The Hall–Kier alpha value is -3.04. The first kappa shape index (κ1) is 24.1. The molecule has 2 heterocycles. The van der Waals surface area contributed by atoms with E-state index in [0.717, 1.165) is 20.8 Å². The van der Waals surface area contributed by atoms with Crippen LogP contribution in [0.2, 0.25) is 0 Å². The Kier molecular flexibility index (Phi) is 7.43. The number of amides is 1. The molecule has 0 bridgehead atoms. The fourth-order valence-corrected chi connectivity index (χ4v) is 4.78. The van der Waals surface area contributed by atoms with Crippen LogP contribution in [-0.2, 0) is 14.3 Å². The van der Waals surface area contributed by atoms with Crippen molar-refractivity contribution in [3.05, 3.63) is 80.9 Å². The van der Waals surface area contributed by atoms with E-state index in [1.54, 1.807) is 13.0 Å². The molecule has 0 radical (unpaired) electrons. The van der Waals surface area contributed by atoms with Gasteiger partial charge in [-0.1, -0.05) is 39.8 Å². The normalized spacial score (nSPS) is 16.8. The van der Waals surface area contributed by atoms with Gasteiger partial charge >= 0.3 is 5.97 Å². The summed E-state index contributed by atoms with van der Waals surface area (Å²) in [6, 6.07) is 12.6. The third-order valence-corrected chi connectivity index (χ3v) is 6.96. The van der Waals surface area contributed by atoms with E-state index in [-0.39, 0.29) is 19.1 Å². The first-order chi connectivity index (χ1) is 16.4. The Labute approximate surface area is 211 Å². The topological polar surface area (TPSA) is 80.2 Å². The van der Waals surface area contributed by atoms with Gasteiger partial charge in [0, 0.05) is 16.4 Å². The van der Waals surface area contributed by atoms with Crippen molar-refractivity contribution in [1.82, 2.24) is 4.90 Å². The maximum Gasteiger partial charge on any atom is 0.338 e. The summed E-state index contributed by atoms with van der Waals surface area (Å²) in [5.74, 6) is -0.130. The van der Waals surface area contributed by atoms with E-state index < -0.39 is 12.0 Å². The number of aliphatic imine (C=N–C) groups is 1. The van der Waals surface area contributed by atoms with E-state index in [1.165, 1.54) is 11.8 Å². The van der Waals surface area contributed by atoms with Crippen LogP contribution in [0.25, 0.3) is 0 Å². The first-order valence-corrected chi connectivity index (χ1v) is 12.4. The monoisotopic (exact) mass is 541 g/mol. The number of halogens is 1. The average molecular weight is 542 g/mol. The molecule has 7 nitrogen and oxygen atoms in total. The van der Waals surface area contributed by atoms with Gasteiger partial charge in [-0.05, 0) is 67.6 Å². The van der Waals surface area contributed by atoms with Crippen LogP contribution in [0.4, 0.5) is 5.69 Å². The zero-order chi connectivity index (χ0) is 24.2. The van der Waals surface area contributed by atoms with Crippen molar-refractivity contribution in [3.8, 4) is 5.75 Å². The minimum Gasteiger partial charge on any atom is -0.484 e. The standard InChI is InChI=1S/C25H24BrN3O4S/c1-4-32-24(31)22-16(3)27-25-29(10-11-34-25)23(22)17-6-5-7-19(13-17)33-14-21(30)28-18-8-9-20(26)15(2)12-18/h5-13,23H,4,14H2,1-3H3,(H,28,30)/t23-/m0/s1. The van der Waals surface area contributed by atoms with Crippen molar-refractivity contribution in [2.24, 2.45) is 4.99 Å². The molecule has 0 spiro atoms. The lowest BCUT2D eigenvalue weighted by Crippen LogP contribution is -2.34. The first-order valence-electron chi connectivity index (χ1n) is 10.7. The van der Waals surface area contributed by atoms with Gasteiger partial charge in [0.2, 0.25) is 0 Å². The second-order valence-electron chi connectivity index (χ2n) is 7.70. The number of hydrogen-bond donors (Lipinski definition) is 1. The lowest BCUT2D eigenvalue weighted by Gasteiger charge is -2.33. The Morgan fingerprint density at radius 2 is 2.03 bits per heavy atom. The molecule has 0 saturated heterocycles. The molecule has 0 aliphatic carbocycles. The predicted octanol–water partition coefficient (Wildman–Crippen LogP) is 5.54. The van der Waals surface area contributed by atoms with Crippen LogP contribution < -0.4 is 10.1 Å². The number of esters is 1. The highest BCUT2D eigenvalue weighted by atomic mass is 79.9. The fraction of sp³-hybridized carbons (Fsp3) is 0.240. The van der Waals surface area contributed by atoms with Gasteiger partial charge in [-0.15, -0.1) is 0 Å². The predicted molar refractivity (Wildman–Crippen MR) is 138 cm³/mol. The molecule has 4 rings (SSSR count). The van der Waals surface area contributed by atoms with Crippen LogP contribution in [0.5, 0.6) is 5.75 Å². The number of amidine groups is 1. The number of thioether (sulfide) groups is 1. The zero-order valence-corrected chi connectivity index (χ0v) is 21.4. The van der Waals surface area contributed by atoms with Gasteiger partial charge in [-0.2, -0.15) is 0 Å². The molecule has 1 amide bonds. The molecule has 2 aliphatic rings. The van der Waals surface area contributed by atoms with Gasteiger partial charge in [0.1, 0.15) is 5.75 Å². The summed E-state index contributed by atoms with van der Waals surface area (Å²) < 4.78 is 12.1. The summed E-state index contributed by atoms with van der Waals surface area (Å²) >= 11 is 4.95. The number of aryl methyl sites for hydroxylation is 1. The molecule has 34 heavy (non-hydrogen) atoms. The van der Waals surface area contributed by atoms with Crippen LogP contribution in [0.3, 0.4) is 0 Å². The van der Waals surface area contributed by atoms with Crippen molar-refractivity contribution in [2.75, 3.05) is 18.5 Å². The van der Waals surface area contributed by atoms with E-state index in [2.05, 4.69) is 26.2 Å². The van der Waals surface area contributed by atoms with Crippen molar-refractivity contribution >= 4 is 50.4 Å². The minimum absolute atomic E-state index is 0.144. The molecular formula is C25H24BrN3O4S. The number of carbonyl (C=O) groups is 2. The van der Waals surface area contributed by atoms with Crippen LogP contribution >= 0.6 is 27.7 Å². The second kappa shape index (κ2) is 10.5. The number of hydrogen-bond acceptors (Lipinski definition) is 7. The summed E-state index contributed by atoms with van der Waals surface area (Å²) in [7, 11) is 0. The molecule has 0 saturated carbocycles. The number of carbonyl (C=O) groups excluding carboxylic acids is 2. The van der Waals surface area contributed by atoms with Crippen LogP contribution in [0.15, 0.2) is 74.8 Å². The number of ether oxygens (including phenoxy) is 2. The van der Waals surface area contributed by atoms with Crippen LogP contribution in [0.1, 0.15) is 31.0 Å². The smallest absolute Gasteiger partial charge is 0.338 e. The molecule has 1 atom stereocenters. The number of nitrogens with one attached hydrogen (secondary N) is 1. The Balaban J connectivity index is 1.52. The van der Waals surface area contributed by atoms with E-state index in [1.807, 2.05) is 66.8 Å². The van der Waals surface area contributed by atoms with E-state index in [4.69, 9.17) is 9.47 Å². The van der Waals surface area contributed by atoms with Crippen LogP contribution in [0, 0.1) is 6.92 Å². The molecule has 2 aliphatic heterocycles. The molecular weight excluding hydrogens is 518 g/mol. The maximum atomic E-state index is 12.8. The second-order valence-corrected chi connectivity index (χ2v) is 9.43. The zero-order valence-electron chi connectivity index (χ0n) is 19.0. The summed E-state index contributed by atoms with van der Waals surface area (Å²) in [6.45, 7) is 5.69. The molecule has 2 aromatic carbocycles. The number of anilines is 1. The lowest BCUT2D eigenvalue weighted by molar-refractivity contribution is -0.139. The number of benzene rings is 2. The average Bonchev–Trinajstić information content (AvgIpc) is 3.27. The molecule has 0 aromatic heterocycles. The number of fused-ring (bicyclic) bond motifs is 1. The van der Waals surface area contributed by atoms with Gasteiger partial charge in [-0.25, -0.2) is 9.79 Å².